The van der Waals surface area contributed by atoms with E-state index in [0.717, 1.165) is 21.3 Å². The summed E-state index contributed by atoms with van der Waals surface area (Å²) < 4.78 is 6.97. The molecule has 4 heteroatoms. The Morgan fingerprint density at radius 2 is 1.86 bits per heavy atom. The third-order valence-electron chi connectivity index (χ3n) is 3.29. The summed E-state index contributed by atoms with van der Waals surface area (Å²) >= 11 is 3.58. The predicted octanol–water partition coefficient (Wildman–Crippen LogP) is 4.10. The van der Waals surface area contributed by atoms with Gasteiger partial charge in [-0.3, -0.25) is 5.84 Å². The highest BCUT2D eigenvalue weighted by atomic mass is 79.9. The molecule has 0 aliphatic heterocycles. The molecule has 2 aromatic rings. The van der Waals surface area contributed by atoms with Gasteiger partial charge in [0.25, 0.3) is 0 Å². The topological polar surface area (TPSA) is 47.3 Å². The van der Waals surface area contributed by atoms with Gasteiger partial charge in [0.05, 0.1) is 12.1 Å². The number of rotatable bonds is 5. The molecular formula is C17H21BrN2O. The molecule has 3 N–H and O–H groups in total. The van der Waals surface area contributed by atoms with Crippen molar-refractivity contribution in [2.75, 3.05) is 0 Å². The number of aryl methyl sites for hydroxylation is 1. The lowest BCUT2D eigenvalue weighted by Crippen LogP contribution is -2.29. The zero-order chi connectivity index (χ0) is 15.4. The smallest absolute Gasteiger partial charge is 0.124 e. The summed E-state index contributed by atoms with van der Waals surface area (Å²) in [5.74, 6) is 6.66. The summed E-state index contributed by atoms with van der Waals surface area (Å²) in [6, 6.07) is 14.1. The lowest BCUT2D eigenvalue weighted by atomic mass is 9.97. The van der Waals surface area contributed by atoms with Crippen molar-refractivity contribution in [1.29, 1.82) is 0 Å². The molecule has 21 heavy (non-hydrogen) atoms. The van der Waals surface area contributed by atoms with Gasteiger partial charge in [-0.25, -0.2) is 5.43 Å². The molecule has 0 aromatic heterocycles. The molecule has 0 aliphatic rings. The van der Waals surface area contributed by atoms with Gasteiger partial charge >= 0.3 is 0 Å². The van der Waals surface area contributed by atoms with Crippen molar-refractivity contribution in [3.8, 4) is 5.75 Å². The molecule has 1 unspecified atom stereocenters. The molecule has 0 saturated carbocycles. The summed E-state index contributed by atoms with van der Waals surface area (Å²) in [6.07, 6.45) is 0.120. The number of hydrazine groups is 1. The number of benzene rings is 2. The van der Waals surface area contributed by atoms with Crippen LogP contribution in [0.2, 0.25) is 0 Å². The number of nitrogens with two attached hydrogens (primary N) is 1. The second-order valence-corrected chi connectivity index (χ2v) is 6.17. The van der Waals surface area contributed by atoms with Crippen LogP contribution in [0.1, 0.15) is 36.6 Å². The molecule has 0 aliphatic carbocycles. The summed E-state index contributed by atoms with van der Waals surface area (Å²) in [4.78, 5) is 0. The number of halogens is 1. The Morgan fingerprint density at radius 3 is 2.48 bits per heavy atom. The minimum Gasteiger partial charge on any atom is -0.491 e. The average molecular weight is 349 g/mol. The van der Waals surface area contributed by atoms with Crippen LogP contribution in [0.4, 0.5) is 0 Å². The van der Waals surface area contributed by atoms with Crippen LogP contribution in [0, 0.1) is 6.92 Å². The van der Waals surface area contributed by atoms with Gasteiger partial charge < -0.3 is 4.74 Å². The van der Waals surface area contributed by atoms with Crippen LogP contribution >= 0.6 is 15.9 Å². The number of hydrogen-bond acceptors (Lipinski definition) is 3. The van der Waals surface area contributed by atoms with Crippen molar-refractivity contribution < 1.29 is 4.74 Å². The fourth-order valence-electron chi connectivity index (χ4n) is 2.23. The van der Waals surface area contributed by atoms with E-state index in [-0.39, 0.29) is 12.1 Å². The third-order valence-corrected chi connectivity index (χ3v) is 4.14. The highest BCUT2D eigenvalue weighted by Gasteiger charge is 2.18. The Hall–Kier alpha value is -1.36. The predicted molar refractivity (Wildman–Crippen MR) is 90.3 cm³/mol. The lowest BCUT2D eigenvalue weighted by Gasteiger charge is -2.22. The van der Waals surface area contributed by atoms with Gasteiger partial charge in [-0.1, -0.05) is 46.3 Å². The van der Waals surface area contributed by atoms with Gasteiger partial charge in [-0.05, 0) is 44.0 Å². The maximum absolute atomic E-state index is 5.90. The molecule has 0 spiro atoms. The second kappa shape index (κ2) is 7.07. The lowest BCUT2D eigenvalue weighted by molar-refractivity contribution is 0.238. The van der Waals surface area contributed by atoms with Crippen LogP contribution in [-0.4, -0.2) is 6.10 Å². The van der Waals surface area contributed by atoms with Crippen LogP contribution in [0.3, 0.4) is 0 Å². The zero-order valence-electron chi connectivity index (χ0n) is 12.6. The van der Waals surface area contributed by atoms with Crippen molar-refractivity contribution >= 4 is 15.9 Å². The van der Waals surface area contributed by atoms with E-state index in [9.17, 15) is 0 Å². The Balaban J connectivity index is 2.43. The number of nitrogens with one attached hydrogen (secondary N) is 1. The van der Waals surface area contributed by atoms with Gasteiger partial charge in [-0.2, -0.15) is 0 Å². The van der Waals surface area contributed by atoms with Crippen molar-refractivity contribution in [3.05, 3.63) is 63.6 Å². The van der Waals surface area contributed by atoms with E-state index in [4.69, 9.17) is 10.6 Å². The van der Waals surface area contributed by atoms with Crippen molar-refractivity contribution in [3.63, 3.8) is 0 Å². The SMILES string of the molecule is Cc1ccc(C(NN)c2ccccc2OC(C)C)cc1Br. The van der Waals surface area contributed by atoms with E-state index in [2.05, 4.69) is 46.5 Å². The summed E-state index contributed by atoms with van der Waals surface area (Å²) in [5, 5.41) is 0. The van der Waals surface area contributed by atoms with Gasteiger partial charge in [0.1, 0.15) is 5.75 Å². The third kappa shape index (κ3) is 3.84. The summed E-state index contributed by atoms with van der Waals surface area (Å²) in [6.45, 7) is 6.10. The number of para-hydroxylation sites is 1. The fraction of sp³-hybridized carbons (Fsp3) is 0.294. The minimum absolute atomic E-state index is 0.114. The minimum atomic E-state index is -0.114. The number of hydrogen-bond donors (Lipinski definition) is 2. The van der Waals surface area contributed by atoms with Crippen LogP contribution in [0.25, 0.3) is 0 Å². The van der Waals surface area contributed by atoms with E-state index in [0.29, 0.717) is 0 Å². The van der Waals surface area contributed by atoms with Crippen molar-refractivity contribution in [2.24, 2.45) is 5.84 Å². The van der Waals surface area contributed by atoms with E-state index >= 15 is 0 Å². The molecule has 0 heterocycles. The zero-order valence-corrected chi connectivity index (χ0v) is 14.1. The van der Waals surface area contributed by atoms with E-state index in [1.807, 2.05) is 38.1 Å². The molecule has 0 saturated heterocycles. The van der Waals surface area contributed by atoms with E-state index in [1.165, 1.54) is 5.56 Å². The molecule has 0 amide bonds. The largest absolute Gasteiger partial charge is 0.491 e. The molecule has 0 fully saturated rings. The van der Waals surface area contributed by atoms with E-state index < -0.39 is 0 Å². The molecule has 0 radical (unpaired) electrons. The first-order valence-electron chi connectivity index (χ1n) is 7.00. The maximum atomic E-state index is 5.90. The normalized spacial score (nSPS) is 12.5. The van der Waals surface area contributed by atoms with E-state index in [1.54, 1.807) is 0 Å². The molecule has 3 nitrogen and oxygen atoms in total. The van der Waals surface area contributed by atoms with Crippen LogP contribution in [0.5, 0.6) is 5.75 Å². The maximum Gasteiger partial charge on any atom is 0.124 e. The summed E-state index contributed by atoms with van der Waals surface area (Å²) in [7, 11) is 0. The van der Waals surface area contributed by atoms with Crippen LogP contribution in [-0.2, 0) is 0 Å². The average Bonchev–Trinajstić information content (AvgIpc) is 2.44. The molecule has 2 rings (SSSR count). The summed E-state index contributed by atoms with van der Waals surface area (Å²) in [5.41, 5.74) is 6.21. The fourth-order valence-corrected chi connectivity index (χ4v) is 2.63. The molecule has 2 aromatic carbocycles. The first-order valence-corrected chi connectivity index (χ1v) is 7.80. The Morgan fingerprint density at radius 1 is 1.14 bits per heavy atom. The quantitative estimate of drug-likeness (QED) is 0.631. The second-order valence-electron chi connectivity index (χ2n) is 5.31. The van der Waals surface area contributed by atoms with Crippen molar-refractivity contribution in [2.45, 2.75) is 32.9 Å². The Bertz CT molecular complexity index is 613. The van der Waals surface area contributed by atoms with Gasteiger partial charge in [-0.15, -0.1) is 0 Å². The molecular weight excluding hydrogens is 328 g/mol. The molecule has 112 valence electrons. The van der Waals surface area contributed by atoms with Gasteiger partial charge in [0.15, 0.2) is 0 Å². The Kier molecular flexibility index (Phi) is 5.39. The molecule has 1 atom stereocenters. The van der Waals surface area contributed by atoms with Crippen LogP contribution < -0.4 is 16.0 Å². The number of ether oxygens (including phenoxy) is 1. The van der Waals surface area contributed by atoms with Gasteiger partial charge in [0, 0.05) is 10.0 Å². The monoisotopic (exact) mass is 348 g/mol. The first-order chi connectivity index (χ1) is 10.0. The highest BCUT2D eigenvalue weighted by Crippen LogP contribution is 2.32. The Labute approximate surface area is 134 Å². The standard InChI is InChI=1S/C17H21BrN2O/c1-11(2)21-16-7-5-4-6-14(16)17(20-19)13-9-8-12(3)15(18)10-13/h4-11,17,20H,19H2,1-3H3. The highest BCUT2D eigenvalue weighted by molar-refractivity contribution is 9.10. The first kappa shape index (κ1) is 16.0. The van der Waals surface area contributed by atoms with Crippen molar-refractivity contribution in [1.82, 2.24) is 5.43 Å². The molecule has 0 bridgehead atoms. The van der Waals surface area contributed by atoms with Gasteiger partial charge in [0.2, 0.25) is 0 Å². The van der Waals surface area contributed by atoms with Crippen LogP contribution in [0.15, 0.2) is 46.9 Å².